The minimum atomic E-state index is -0.514. The first-order valence-corrected chi connectivity index (χ1v) is 14.4. The van der Waals surface area contributed by atoms with Crippen LogP contribution in [0.25, 0.3) is 31.8 Å². The number of pyridine rings is 1. The van der Waals surface area contributed by atoms with E-state index in [1.165, 1.54) is 7.11 Å². The number of aromatic nitrogens is 1. The van der Waals surface area contributed by atoms with Gasteiger partial charge >= 0.3 is 12.1 Å². The lowest BCUT2D eigenvalue weighted by Gasteiger charge is -2.15. The number of thiophene rings is 1. The third kappa shape index (κ3) is 5.21. The first-order chi connectivity index (χ1) is 19.9. The maximum absolute atomic E-state index is 13.0. The summed E-state index contributed by atoms with van der Waals surface area (Å²) in [6, 6.07) is 30.0. The standard InChI is InChI=1S/C34H30N2O4S/c1-21-9-18-28-29(36-33(38)40-22(2)23-7-5-4-6-8-23)30(41-31(28)35-21)26-12-10-24(11-13-26)25-14-16-27(17-15-25)34(19-20-34)32(37)39-3/h4-18,22H,19-20H2,1-3H3,(H,36,38). The van der Waals surface area contributed by atoms with Crippen molar-refractivity contribution in [2.45, 2.75) is 38.2 Å². The van der Waals surface area contributed by atoms with Crippen molar-refractivity contribution >= 4 is 39.3 Å². The molecule has 0 spiro atoms. The molecular formula is C34H30N2O4S. The summed E-state index contributed by atoms with van der Waals surface area (Å²) in [4.78, 5) is 31.7. The average molecular weight is 563 g/mol. The number of nitrogens with one attached hydrogen (secondary N) is 1. The van der Waals surface area contributed by atoms with Gasteiger partial charge in [-0.1, -0.05) is 78.9 Å². The predicted molar refractivity (Wildman–Crippen MR) is 163 cm³/mol. The molecule has 1 fully saturated rings. The molecule has 1 saturated carbocycles. The van der Waals surface area contributed by atoms with Crippen molar-refractivity contribution in [3.05, 3.63) is 108 Å². The topological polar surface area (TPSA) is 77.5 Å². The summed E-state index contributed by atoms with van der Waals surface area (Å²) in [5, 5.41) is 3.88. The van der Waals surface area contributed by atoms with Crippen LogP contribution in [0.3, 0.4) is 0 Å². The quantitative estimate of drug-likeness (QED) is 0.201. The van der Waals surface area contributed by atoms with Gasteiger partial charge in [-0.3, -0.25) is 10.1 Å². The Labute approximate surface area is 243 Å². The second-order valence-corrected chi connectivity index (χ2v) is 11.4. The summed E-state index contributed by atoms with van der Waals surface area (Å²) in [6.07, 6.45) is 0.747. The number of nitrogens with zero attached hydrogens (tertiary/aromatic N) is 1. The first kappa shape index (κ1) is 26.7. The van der Waals surface area contributed by atoms with E-state index in [2.05, 4.69) is 41.7 Å². The molecule has 0 aliphatic heterocycles. The van der Waals surface area contributed by atoms with Gasteiger partial charge in [0.15, 0.2) is 0 Å². The summed E-state index contributed by atoms with van der Waals surface area (Å²) in [5.74, 6) is -0.162. The molecule has 5 aromatic rings. The van der Waals surface area contributed by atoms with E-state index in [9.17, 15) is 9.59 Å². The van der Waals surface area contributed by atoms with Crippen LogP contribution < -0.4 is 5.32 Å². The van der Waals surface area contributed by atoms with Crippen LogP contribution in [0.1, 0.15) is 42.7 Å². The molecule has 3 aromatic carbocycles. The fourth-order valence-corrected chi connectivity index (χ4v) is 6.39. The predicted octanol–water partition coefficient (Wildman–Crippen LogP) is 8.45. The summed E-state index contributed by atoms with van der Waals surface area (Å²) in [7, 11) is 1.45. The number of methoxy groups -OCH3 is 1. The van der Waals surface area contributed by atoms with E-state index < -0.39 is 17.6 Å². The Hall–Kier alpha value is -4.49. The smallest absolute Gasteiger partial charge is 0.412 e. The molecule has 0 bridgehead atoms. The number of benzene rings is 3. The van der Waals surface area contributed by atoms with Crippen LogP contribution in [0.4, 0.5) is 10.5 Å². The second-order valence-electron chi connectivity index (χ2n) is 10.4. The third-order valence-electron chi connectivity index (χ3n) is 7.72. The van der Waals surface area contributed by atoms with Gasteiger partial charge in [0, 0.05) is 11.1 Å². The first-order valence-electron chi connectivity index (χ1n) is 13.6. The van der Waals surface area contributed by atoms with Crippen molar-refractivity contribution in [3.8, 4) is 21.6 Å². The fraction of sp³-hybridized carbons (Fsp3) is 0.206. The number of carbonyl (C=O) groups is 2. The summed E-state index contributed by atoms with van der Waals surface area (Å²) in [6.45, 7) is 3.82. The Morgan fingerprint density at radius 2 is 1.51 bits per heavy atom. The molecule has 0 saturated heterocycles. The van der Waals surface area contributed by atoms with Gasteiger partial charge in [-0.05, 0) is 66.6 Å². The van der Waals surface area contributed by atoms with Crippen LogP contribution in [-0.4, -0.2) is 24.2 Å². The van der Waals surface area contributed by atoms with Crippen molar-refractivity contribution in [2.24, 2.45) is 0 Å². The van der Waals surface area contributed by atoms with Crippen LogP contribution in [0.5, 0.6) is 0 Å². The zero-order valence-corrected chi connectivity index (χ0v) is 24.0. The molecule has 1 amide bonds. The van der Waals surface area contributed by atoms with E-state index in [0.717, 1.165) is 61.4 Å². The lowest BCUT2D eigenvalue weighted by atomic mass is 9.93. The number of rotatable bonds is 7. The Morgan fingerprint density at radius 3 is 2.15 bits per heavy atom. The van der Waals surface area contributed by atoms with Crippen LogP contribution in [0.2, 0.25) is 0 Å². The van der Waals surface area contributed by atoms with Crippen LogP contribution in [0.15, 0.2) is 91.0 Å². The zero-order valence-electron chi connectivity index (χ0n) is 23.1. The van der Waals surface area contributed by atoms with Gasteiger partial charge in [-0.15, -0.1) is 11.3 Å². The van der Waals surface area contributed by atoms with Gasteiger partial charge in [0.05, 0.1) is 23.1 Å². The Morgan fingerprint density at radius 1 is 0.878 bits per heavy atom. The monoisotopic (exact) mass is 562 g/mol. The summed E-state index contributed by atoms with van der Waals surface area (Å²) < 4.78 is 10.7. The molecule has 6 rings (SSSR count). The van der Waals surface area contributed by atoms with Crippen LogP contribution in [-0.2, 0) is 19.7 Å². The molecule has 1 aliphatic rings. The van der Waals surface area contributed by atoms with Crippen molar-refractivity contribution in [1.82, 2.24) is 4.98 Å². The number of carbonyl (C=O) groups excluding carboxylic acids is 2. The average Bonchev–Trinajstić information content (AvgIpc) is 3.75. The molecule has 0 radical (unpaired) electrons. The highest BCUT2D eigenvalue weighted by molar-refractivity contribution is 7.22. The SMILES string of the molecule is COC(=O)C1(c2ccc(-c3ccc(-c4sc5nc(C)ccc5c4NC(=O)OC(C)c4ccccc4)cc3)cc2)CC1. The molecule has 1 unspecified atom stereocenters. The van der Waals surface area contributed by atoms with E-state index in [1.807, 2.05) is 68.4 Å². The molecule has 2 aromatic heterocycles. The molecular weight excluding hydrogens is 532 g/mol. The highest BCUT2D eigenvalue weighted by Gasteiger charge is 2.52. The van der Waals surface area contributed by atoms with Crippen molar-refractivity contribution in [1.29, 1.82) is 0 Å². The number of aryl methyl sites for hydroxylation is 1. The van der Waals surface area contributed by atoms with E-state index in [1.54, 1.807) is 11.3 Å². The third-order valence-corrected chi connectivity index (χ3v) is 8.87. The summed E-state index contributed by atoms with van der Waals surface area (Å²) >= 11 is 1.54. The molecule has 7 heteroatoms. The van der Waals surface area contributed by atoms with Crippen molar-refractivity contribution < 1.29 is 19.1 Å². The lowest BCUT2D eigenvalue weighted by Crippen LogP contribution is -2.21. The molecule has 206 valence electrons. The van der Waals surface area contributed by atoms with E-state index in [-0.39, 0.29) is 5.97 Å². The molecule has 2 heterocycles. The number of esters is 1. The van der Waals surface area contributed by atoms with Gasteiger partial charge in [-0.2, -0.15) is 0 Å². The van der Waals surface area contributed by atoms with E-state index >= 15 is 0 Å². The highest BCUT2D eigenvalue weighted by atomic mass is 32.1. The lowest BCUT2D eigenvalue weighted by molar-refractivity contribution is -0.143. The number of hydrogen-bond acceptors (Lipinski definition) is 6. The summed E-state index contributed by atoms with van der Waals surface area (Å²) in [5.41, 5.74) is 6.15. The van der Waals surface area contributed by atoms with Crippen molar-refractivity contribution in [2.75, 3.05) is 12.4 Å². The van der Waals surface area contributed by atoms with Crippen LogP contribution in [0, 0.1) is 6.92 Å². The number of amides is 1. The van der Waals surface area contributed by atoms with Gasteiger partial charge in [0.2, 0.25) is 0 Å². The maximum Gasteiger partial charge on any atom is 0.412 e. The van der Waals surface area contributed by atoms with Gasteiger partial charge < -0.3 is 9.47 Å². The van der Waals surface area contributed by atoms with Crippen LogP contribution >= 0.6 is 11.3 Å². The second kappa shape index (κ2) is 10.8. The van der Waals surface area contributed by atoms with Gasteiger partial charge in [-0.25, -0.2) is 9.78 Å². The number of fused-ring (bicyclic) bond motifs is 1. The van der Waals surface area contributed by atoms with E-state index in [0.29, 0.717) is 5.69 Å². The minimum absolute atomic E-state index is 0.162. The van der Waals surface area contributed by atoms with Gasteiger partial charge in [0.25, 0.3) is 0 Å². The molecule has 41 heavy (non-hydrogen) atoms. The Bertz CT molecular complexity index is 1720. The normalized spacial score (nSPS) is 14.3. The zero-order chi connectivity index (χ0) is 28.6. The molecule has 6 nitrogen and oxygen atoms in total. The number of anilines is 1. The fourth-order valence-electron chi connectivity index (χ4n) is 5.21. The highest BCUT2D eigenvalue weighted by Crippen LogP contribution is 2.49. The molecule has 1 atom stereocenters. The largest absolute Gasteiger partial charge is 0.468 e. The number of hydrogen-bond donors (Lipinski definition) is 1. The Balaban J connectivity index is 1.26. The van der Waals surface area contributed by atoms with E-state index in [4.69, 9.17) is 14.5 Å². The Kier molecular flexibility index (Phi) is 7.05. The molecule has 1 N–H and O–H groups in total. The minimum Gasteiger partial charge on any atom is -0.468 e. The number of ether oxygens (including phenoxy) is 2. The van der Waals surface area contributed by atoms with Gasteiger partial charge in [0.1, 0.15) is 10.9 Å². The van der Waals surface area contributed by atoms with Crippen molar-refractivity contribution in [3.63, 3.8) is 0 Å². The maximum atomic E-state index is 13.0. The molecule has 1 aliphatic carbocycles.